The predicted molar refractivity (Wildman–Crippen MR) is 90.7 cm³/mol. The van der Waals surface area contributed by atoms with Crippen LogP contribution in [0.15, 0.2) is 48.5 Å². The lowest BCUT2D eigenvalue weighted by Gasteiger charge is -2.33. The monoisotopic (exact) mass is 341 g/mol. The molecule has 0 spiro atoms. The van der Waals surface area contributed by atoms with E-state index in [2.05, 4.69) is 5.32 Å². The molecule has 0 aromatic heterocycles. The van der Waals surface area contributed by atoms with Gasteiger partial charge in [-0.2, -0.15) is 0 Å². The molecule has 0 bridgehead atoms. The standard InChI is InChI=1S/C19H19NO5/c1-24-16-11-25-15-5-3-2-4-14(15)18(16)20-17(21)10-12-6-8-13(9-7-12)19(22)23/h2-9,16,18H,10-11H2,1H3,(H,20,21)(H,22,23). The van der Waals surface area contributed by atoms with E-state index in [1.807, 2.05) is 24.3 Å². The first kappa shape index (κ1) is 17.0. The molecule has 6 heteroatoms. The van der Waals surface area contributed by atoms with Crippen LogP contribution >= 0.6 is 0 Å². The summed E-state index contributed by atoms with van der Waals surface area (Å²) >= 11 is 0. The van der Waals surface area contributed by atoms with Crippen LogP contribution < -0.4 is 10.1 Å². The van der Waals surface area contributed by atoms with E-state index in [9.17, 15) is 9.59 Å². The fourth-order valence-electron chi connectivity index (χ4n) is 2.89. The topological polar surface area (TPSA) is 84.9 Å². The Morgan fingerprint density at radius 3 is 2.60 bits per heavy atom. The highest BCUT2D eigenvalue weighted by atomic mass is 16.5. The zero-order chi connectivity index (χ0) is 17.8. The number of para-hydroxylation sites is 1. The second-order valence-corrected chi connectivity index (χ2v) is 5.85. The maximum atomic E-state index is 12.4. The van der Waals surface area contributed by atoms with E-state index >= 15 is 0 Å². The number of carbonyl (C=O) groups excluding carboxylic acids is 1. The Morgan fingerprint density at radius 2 is 1.92 bits per heavy atom. The number of carboxylic acid groups (broad SMARTS) is 1. The molecule has 3 rings (SSSR count). The smallest absolute Gasteiger partial charge is 0.335 e. The average molecular weight is 341 g/mol. The largest absolute Gasteiger partial charge is 0.490 e. The van der Waals surface area contributed by atoms with Crippen LogP contribution in [0.2, 0.25) is 0 Å². The minimum Gasteiger partial charge on any atom is -0.490 e. The Balaban J connectivity index is 1.72. The summed E-state index contributed by atoms with van der Waals surface area (Å²) in [5.41, 5.74) is 1.83. The molecule has 1 amide bonds. The normalized spacial score (nSPS) is 18.8. The number of hydrogen-bond acceptors (Lipinski definition) is 4. The number of carboxylic acids is 1. The molecule has 2 N–H and O–H groups in total. The molecule has 1 heterocycles. The first-order valence-electron chi connectivity index (χ1n) is 7.94. The van der Waals surface area contributed by atoms with Crippen LogP contribution in [0.25, 0.3) is 0 Å². The Morgan fingerprint density at radius 1 is 1.20 bits per heavy atom. The number of hydrogen-bond donors (Lipinski definition) is 2. The summed E-state index contributed by atoms with van der Waals surface area (Å²) in [7, 11) is 1.59. The summed E-state index contributed by atoms with van der Waals surface area (Å²) in [6, 6.07) is 13.5. The van der Waals surface area contributed by atoms with Gasteiger partial charge in [0, 0.05) is 12.7 Å². The number of nitrogens with one attached hydrogen (secondary N) is 1. The minimum absolute atomic E-state index is 0.160. The third-order valence-corrected chi connectivity index (χ3v) is 4.21. The van der Waals surface area contributed by atoms with E-state index in [-0.39, 0.29) is 30.0 Å². The lowest BCUT2D eigenvalue weighted by molar-refractivity contribution is -0.122. The van der Waals surface area contributed by atoms with Crippen molar-refractivity contribution < 1.29 is 24.2 Å². The second-order valence-electron chi connectivity index (χ2n) is 5.85. The van der Waals surface area contributed by atoms with Gasteiger partial charge in [-0.3, -0.25) is 4.79 Å². The first-order valence-corrected chi connectivity index (χ1v) is 7.94. The highest BCUT2D eigenvalue weighted by Gasteiger charge is 2.32. The fourth-order valence-corrected chi connectivity index (χ4v) is 2.89. The van der Waals surface area contributed by atoms with Crippen molar-refractivity contribution in [3.63, 3.8) is 0 Å². The van der Waals surface area contributed by atoms with Crippen LogP contribution in [0.1, 0.15) is 27.5 Å². The quantitative estimate of drug-likeness (QED) is 0.871. The summed E-state index contributed by atoms with van der Waals surface area (Å²) < 4.78 is 11.1. The number of fused-ring (bicyclic) bond motifs is 1. The molecule has 2 aromatic carbocycles. The van der Waals surface area contributed by atoms with Gasteiger partial charge >= 0.3 is 5.97 Å². The third-order valence-electron chi connectivity index (χ3n) is 4.21. The van der Waals surface area contributed by atoms with E-state index in [0.29, 0.717) is 6.61 Å². The van der Waals surface area contributed by atoms with Gasteiger partial charge in [0.25, 0.3) is 0 Å². The number of benzene rings is 2. The van der Waals surface area contributed by atoms with Gasteiger partial charge < -0.3 is 19.9 Å². The van der Waals surface area contributed by atoms with Crippen molar-refractivity contribution in [3.8, 4) is 5.75 Å². The summed E-state index contributed by atoms with van der Waals surface area (Å²) in [6.07, 6.45) is -0.108. The van der Waals surface area contributed by atoms with Gasteiger partial charge in [-0.1, -0.05) is 30.3 Å². The lowest BCUT2D eigenvalue weighted by atomic mass is 9.97. The molecular formula is C19H19NO5. The SMILES string of the molecule is COC1COc2ccccc2C1NC(=O)Cc1ccc(C(=O)O)cc1. The van der Waals surface area contributed by atoms with E-state index in [4.69, 9.17) is 14.6 Å². The molecule has 130 valence electrons. The summed E-state index contributed by atoms with van der Waals surface area (Å²) in [5, 5.41) is 11.9. The van der Waals surface area contributed by atoms with Gasteiger partial charge in [0.05, 0.1) is 18.0 Å². The van der Waals surface area contributed by atoms with Crippen molar-refractivity contribution in [2.45, 2.75) is 18.6 Å². The summed E-state index contributed by atoms with van der Waals surface area (Å²) in [6.45, 7) is 0.367. The van der Waals surface area contributed by atoms with Crippen LogP contribution in [0.5, 0.6) is 5.75 Å². The molecule has 0 fully saturated rings. The van der Waals surface area contributed by atoms with Gasteiger partial charge in [0.1, 0.15) is 18.5 Å². The van der Waals surface area contributed by atoms with Crippen molar-refractivity contribution in [1.82, 2.24) is 5.32 Å². The van der Waals surface area contributed by atoms with E-state index in [1.54, 1.807) is 19.2 Å². The van der Waals surface area contributed by atoms with Gasteiger partial charge in [-0.05, 0) is 23.8 Å². The zero-order valence-electron chi connectivity index (χ0n) is 13.8. The molecule has 1 aliphatic heterocycles. The van der Waals surface area contributed by atoms with Gasteiger partial charge in [-0.15, -0.1) is 0 Å². The third kappa shape index (κ3) is 3.80. The number of ether oxygens (including phenoxy) is 2. The molecule has 6 nitrogen and oxygen atoms in total. The molecule has 0 aliphatic carbocycles. The first-order chi connectivity index (χ1) is 12.1. The molecule has 0 saturated carbocycles. The van der Waals surface area contributed by atoms with Crippen LogP contribution in [-0.4, -0.2) is 36.8 Å². The Kier molecular flexibility index (Phi) is 5.00. The minimum atomic E-state index is -0.988. The number of aromatic carboxylic acids is 1. The molecule has 2 atom stereocenters. The van der Waals surface area contributed by atoms with Crippen molar-refractivity contribution >= 4 is 11.9 Å². The van der Waals surface area contributed by atoms with Gasteiger partial charge in [-0.25, -0.2) is 4.79 Å². The van der Waals surface area contributed by atoms with E-state index in [1.165, 1.54) is 12.1 Å². The van der Waals surface area contributed by atoms with Gasteiger partial charge in [0.2, 0.25) is 5.91 Å². The van der Waals surface area contributed by atoms with Crippen LogP contribution in [0.3, 0.4) is 0 Å². The van der Waals surface area contributed by atoms with Crippen LogP contribution in [-0.2, 0) is 16.0 Å². The molecule has 0 radical (unpaired) electrons. The molecule has 1 aliphatic rings. The highest BCUT2D eigenvalue weighted by Crippen LogP contribution is 2.33. The molecular weight excluding hydrogens is 322 g/mol. The second kappa shape index (κ2) is 7.36. The Bertz CT molecular complexity index is 772. The Labute approximate surface area is 145 Å². The van der Waals surface area contributed by atoms with Crippen LogP contribution in [0.4, 0.5) is 0 Å². The van der Waals surface area contributed by atoms with E-state index < -0.39 is 5.97 Å². The fraction of sp³-hybridized carbons (Fsp3) is 0.263. The zero-order valence-corrected chi connectivity index (χ0v) is 13.8. The lowest BCUT2D eigenvalue weighted by Crippen LogP contribution is -2.43. The Hall–Kier alpha value is -2.86. The van der Waals surface area contributed by atoms with Crippen molar-refractivity contribution in [2.24, 2.45) is 0 Å². The molecule has 2 unspecified atom stereocenters. The van der Waals surface area contributed by atoms with E-state index in [0.717, 1.165) is 16.9 Å². The molecule has 2 aromatic rings. The average Bonchev–Trinajstić information content (AvgIpc) is 2.62. The van der Waals surface area contributed by atoms with Crippen molar-refractivity contribution in [1.29, 1.82) is 0 Å². The number of carbonyl (C=O) groups is 2. The maximum Gasteiger partial charge on any atom is 0.335 e. The van der Waals surface area contributed by atoms with Gasteiger partial charge in [0.15, 0.2) is 0 Å². The molecule has 25 heavy (non-hydrogen) atoms. The number of rotatable bonds is 5. The maximum absolute atomic E-state index is 12.4. The predicted octanol–water partition coefficient (Wildman–Crippen LogP) is 2.19. The summed E-state index contributed by atoms with van der Waals surface area (Å²) in [4.78, 5) is 23.3. The summed E-state index contributed by atoms with van der Waals surface area (Å²) in [5.74, 6) is -0.406. The number of amides is 1. The molecule has 0 saturated heterocycles. The van der Waals surface area contributed by atoms with Crippen molar-refractivity contribution in [2.75, 3.05) is 13.7 Å². The highest BCUT2D eigenvalue weighted by molar-refractivity contribution is 5.87. The van der Waals surface area contributed by atoms with Crippen LogP contribution in [0, 0.1) is 0 Å². The van der Waals surface area contributed by atoms with Crippen molar-refractivity contribution in [3.05, 3.63) is 65.2 Å². The number of methoxy groups -OCH3 is 1.